The smallest absolute Gasteiger partial charge is 0.254 e. The van der Waals surface area contributed by atoms with Crippen LogP contribution in [0.15, 0.2) is 42.5 Å². The summed E-state index contributed by atoms with van der Waals surface area (Å²) >= 11 is 0. The van der Waals surface area contributed by atoms with Crippen LogP contribution in [0.1, 0.15) is 21.5 Å². The molecule has 0 aromatic heterocycles. The molecule has 0 aliphatic rings. The highest BCUT2D eigenvalue weighted by molar-refractivity contribution is 5.94. The van der Waals surface area contributed by atoms with Gasteiger partial charge in [-0.25, -0.2) is 4.39 Å². The highest BCUT2D eigenvalue weighted by Crippen LogP contribution is 2.15. The average molecular weight is 270 g/mol. The van der Waals surface area contributed by atoms with Crippen molar-refractivity contribution in [1.82, 2.24) is 5.32 Å². The van der Waals surface area contributed by atoms with E-state index in [9.17, 15) is 9.18 Å². The number of carbonyl (C=O) groups is 1. The molecule has 2 aromatic carbocycles. The molecule has 0 saturated heterocycles. The maximum atomic E-state index is 13.5. The van der Waals surface area contributed by atoms with Crippen LogP contribution < -0.4 is 5.32 Å². The third-order valence-corrected chi connectivity index (χ3v) is 2.71. The summed E-state index contributed by atoms with van der Waals surface area (Å²) in [5.74, 6) is -1.60. The largest absolute Gasteiger partial charge is 0.508 e. The molecule has 4 nitrogen and oxygen atoms in total. The summed E-state index contributed by atoms with van der Waals surface area (Å²) in [6, 6.07) is 12.1. The number of nitrogens with one attached hydrogen (secondary N) is 1. The second-order valence-corrected chi connectivity index (χ2v) is 4.16. The van der Waals surface area contributed by atoms with Crippen molar-refractivity contribution in [3.8, 4) is 11.8 Å². The number of rotatable bonds is 3. The summed E-state index contributed by atoms with van der Waals surface area (Å²) < 4.78 is 13.5. The molecule has 0 radical (unpaired) electrons. The van der Waals surface area contributed by atoms with Gasteiger partial charge in [-0.15, -0.1) is 0 Å². The third-order valence-electron chi connectivity index (χ3n) is 2.71. The van der Waals surface area contributed by atoms with Crippen LogP contribution in [0.5, 0.6) is 5.75 Å². The lowest BCUT2D eigenvalue weighted by molar-refractivity contribution is 0.0947. The molecule has 2 rings (SSSR count). The molecule has 2 aromatic rings. The maximum absolute atomic E-state index is 13.5. The fraction of sp³-hybridized carbons (Fsp3) is 0.0667. The minimum absolute atomic E-state index is 0.140. The number of nitrogens with zero attached hydrogens (tertiary/aromatic N) is 1. The molecule has 5 heteroatoms. The standard InChI is InChI=1S/C15H11FN2O2/c16-14-7-12(19)4-5-13(14)15(20)18-9-11-3-1-2-10(6-11)8-17/h1-7,19H,9H2,(H,18,20). The first-order valence-corrected chi connectivity index (χ1v) is 5.86. The summed E-state index contributed by atoms with van der Waals surface area (Å²) in [6.07, 6.45) is 0. The molecule has 0 heterocycles. The number of hydrogen-bond acceptors (Lipinski definition) is 3. The van der Waals surface area contributed by atoms with Crippen LogP contribution in [0.3, 0.4) is 0 Å². The third kappa shape index (κ3) is 3.12. The highest BCUT2D eigenvalue weighted by Gasteiger charge is 2.11. The van der Waals surface area contributed by atoms with Crippen molar-refractivity contribution in [2.45, 2.75) is 6.54 Å². The molecular formula is C15H11FN2O2. The van der Waals surface area contributed by atoms with E-state index < -0.39 is 11.7 Å². The van der Waals surface area contributed by atoms with Gasteiger partial charge in [0.05, 0.1) is 17.2 Å². The van der Waals surface area contributed by atoms with Crippen LogP contribution in [0.25, 0.3) is 0 Å². The Labute approximate surface area is 115 Å². The Morgan fingerprint density at radius 1 is 1.30 bits per heavy atom. The van der Waals surface area contributed by atoms with E-state index in [4.69, 9.17) is 10.4 Å². The van der Waals surface area contributed by atoms with Crippen molar-refractivity contribution in [1.29, 1.82) is 5.26 Å². The Kier molecular flexibility index (Phi) is 3.96. The number of halogens is 1. The molecule has 0 unspecified atom stereocenters. The second kappa shape index (κ2) is 5.85. The predicted octanol–water partition coefficient (Wildman–Crippen LogP) is 2.33. The quantitative estimate of drug-likeness (QED) is 0.899. The Balaban J connectivity index is 2.07. The van der Waals surface area contributed by atoms with Crippen LogP contribution in [0.4, 0.5) is 4.39 Å². The number of amides is 1. The number of benzene rings is 2. The zero-order chi connectivity index (χ0) is 14.5. The monoisotopic (exact) mass is 270 g/mol. The van der Waals surface area contributed by atoms with Crippen molar-refractivity contribution in [2.24, 2.45) is 0 Å². The van der Waals surface area contributed by atoms with Crippen molar-refractivity contribution < 1.29 is 14.3 Å². The normalized spacial score (nSPS) is 9.80. The van der Waals surface area contributed by atoms with Gasteiger partial charge in [0.25, 0.3) is 5.91 Å². The van der Waals surface area contributed by atoms with Gasteiger partial charge in [0.1, 0.15) is 11.6 Å². The van der Waals surface area contributed by atoms with Gasteiger partial charge in [0, 0.05) is 12.6 Å². The van der Waals surface area contributed by atoms with Crippen LogP contribution in [-0.2, 0) is 6.54 Å². The maximum Gasteiger partial charge on any atom is 0.254 e. The van der Waals surface area contributed by atoms with Gasteiger partial charge in [-0.2, -0.15) is 5.26 Å². The topological polar surface area (TPSA) is 73.1 Å². The van der Waals surface area contributed by atoms with E-state index in [2.05, 4.69) is 5.32 Å². The lowest BCUT2D eigenvalue weighted by Crippen LogP contribution is -2.23. The summed E-state index contributed by atoms with van der Waals surface area (Å²) in [6.45, 7) is 0.189. The highest BCUT2D eigenvalue weighted by atomic mass is 19.1. The fourth-order valence-corrected chi connectivity index (χ4v) is 1.72. The Hall–Kier alpha value is -2.87. The molecule has 0 atom stereocenters. The number of aromatic hydroxyl groups is 1. The minimum Gasteiger partial charge on any atom is -0.508 e. The zero-order valence-corrected chi connectivity index (χ0v) is 10.4. The van der Waals surface area contributed by atoms with Crippen molar-refractivity contribution in [2.75, 3.05) is 0 Å². The van der Waals surface area contributed by atoms with Gasteiger partial charge in [0.15, 0.2) is 0 Å². The number of nitriles is 1. The number of phenols is 1. The van der Waals surface area contributed by atoms with E-state index in [1.165, 1.54) is 12.1 Å². The molecule has 1 amide bonds. The Morgan fingerprint density at radius 2 is 2.10 bits per heavy atom. The molecule has 0 bridgehead atoms. The van der Waals surface area contributed by atoms with Gasteiger partial charge < -0.3 is 10.4 Å². The van der Waals surface area contributed by atoms with E-state index >= 15 is 0 Å². The van der Waals surface area contributed by atoms with Gasteiger partial charge in [-0.1, -0.05) is 12.1 Å². The van der Waals surface area contributed by atoms with Crippen LogP contribution in [-0.4, -0.2) is 11.0 Å². The molecule has 20 heavy (non-hydrogen) atoms. The molecular weight excluding hydrogens is 259 g/mol. The molecule has 0 saturated carbocycles. The van der Waals surface area contributed by atoms with E-state index in [-0.39, 0.29) is 17.9 Å². The Morgan fingerprint density at radius 3 is 2.80 bits per heavy atom. The molecule has 0 aliphatic carbocycles. The number of hydrogen-bond donors (Lipinski definition) is 2. The average Bonchev–Trinajstić information content (AvgIpc) is 2.45. The predicted molar refractivity (Wildman–Crippen MR) is 70.4 cm³/mol. The van der Waals surface area contributed by atoms with Crippen LogP contribution in [0, 0.1) is 17.1 Å². The minimum atomic E-state index is -0.784. The first kappa shape index (κ1) is 13.6. The van der Waals surface area contributed by atoms with Crippen LogP contribution >= 0.6 is 0 Å². The summed E-state index contributed by atoms with van der Waals surface area (Å²) in [4.78, 5) is 11.8. The molecule has 2 N–H and O–H groups in total. The van der Waals surface area contributed by atoms with Gasteiger partial charge in [-0.3, -0.25) is 4.79 Å². The summed E-state index contributed by atoms with van der Waals surface area (Å²) in [7, 11) is 0. The SMILES string of the molecule is N#Cc1cccc(CNC(=O)c2ccc(O)cc2F)c1. The van der Waals surface area contributed by atoms with E-state index in [1.807, 2.05) is 6.07 Å². The first-order chi connectivity index (χ1) is 9.60. The van der Waals surface area contributed by atoms with Gasteiger partial charge in [0.2, 0.25) is 0 Å². The lowest BCUT2D eigenvalue weighted by Gasteiger charge is -2.07. The van der Waals surface area contributed by atoms with E-state index in [1.54, 1.807) is 24.3 Å². The Bertz CT molecular complexity index is 693. The molecule has 0 fully saturated rings. The van der Waals surface area contributed by atoms with Crippen molar-refractivity contribution in [3.05, 3.63) is 65.0 Å². The van der Waals surface area contributed by atoms with Gasteiger partial charge >= 0.3 is 0 Å². The number of carbonyl (C=O) groups excluding carboxylic acids is 1. The summed E-state index contributed by atoms with van der Waals surface area (Å²) in [5.41, 5.74) is 1.10. The van der Waals surface area contributed by atoms with Gasteiger partial charge in [-0.05, 0) is 29.8 Å². The van der Waals surface area contributed by atoms with Crippen LogP contribution in [0.2, 0.25) is 0 Å². The number of phenolic OH excluding ortho intramolecular Hbond substituents is 1. The molecule has 0 aliphatic heterocycles. The van der Waals surface area contributed by atoms with E-state index in [0.29, 0.717) is 5.56 Å². The van der Waals surface area contributed by atoms with Crippen molar-refractivity contribution >= 4 is 5.91 Å². The fourth-order valence-electron chi connectivity index (χ4n) is 1.72. The molecule has 0 spiro atoms. The zero-order valence-electron chi connectivity index (χ0n) is 10.4. The second-order valence-electron chi connectivity index (χ2n) is 4.16. The summed E-state index contributed by atoms with van der Waals surface area (Å²) in [5, 5.41) is 20.4. The first-order valence-electron chi connectivity index (χ1n) is 5.86. The lowest BCUT2D eigenvalue weighted by atomic mass is 10.1. The van der Waals surface area contributed by atoms with Crippen molar-refractivity contribution in [3.63, 3.8) is 0 Å². The molecule has 100 valence electrons. The van der Waals surface area contributed by atoms with E-state index in [0.717, 1.165) is 11.6 Å².